The van der Waals surface area contributed by atoms with Gasteiger partial charge in [-0.1, -0.05) is 29.3 Å². The van der Waals surface area contributed by atoms with Gasteiger partial charge in [0.25, 0.3) is 0 Å². The third-order valence-corrected chi connectivity index (χ3v) is 3.37. The highest BCUT2D eigenvalue weighted by Gasteiger charge is 2.11. The van der Waals surface area contributed by atoms with Gasteiger partial charge in [-0.2, -0.15) is 0 Å². The molecule has 0 aliphatic heterocycles. The summed E-state index contributed by atoms with van der Waals surface area (Å²) in [6.45, 7) is 4.98. The van der Waals surface area contributed by atoms with Crippen molar-refractivity contribution in [3.8, 4) is 5.75 Å². The van der Waals surface area contributed by atoms with Gasteiger partial charge in [0.05, 0.1) is 6.61 Å². The van der Waals surface area contributed by atoms with Gasteiger partial charge in [-0.25, -0.2) is 0 Å². The van der Waals surface area contributed by atoms with E-state index in [-0.39, 0.29) is 6.04 Å². The number of halogens is 1. The van der Waals surface area contributed by atoms with E-state index in [1.54, 1.807) is 0 Å². The van der Waals surface area contributed by atoms with Crippen LogP contribution in [0.5, 0.6) is 5.75 Å². The molecule has 3 heteroatoms. The molecule has 0 bridgehead atoms. The fourth-order valence-corrected chi connectivity index (χ4v) is 1.96. The minimum atomic E-state index is 0.249. The first kappa shape index (κ1) is 13.5. The van der Waals surface area contributed by atoms with Crippen LogP contribution in [0.3, 0.4) is 0 Å². The topological polar surface area (TPSA) is 35.2 Å². The average Bonchev–Trinajstić information content (AvgIpc) is 2.26. The highest BCUT2D eigenvalue weighted by molar-refractivity contribution is 9.10. The largest absolute Gasteiger partial charge is 0.494 e. The Morgan fingerprint density at radius 3 is 2.44 bits per heavy atom. The molecule has 0 aliphatic rings. The lowest BCUT2D eigenvalue weighted by Crippen LogP contribution is -2.27. The van der Waals surface area contributed by atoms with E-state index in [1.165, 1.54) is 0 Å². The van der Waals surface area contributed by atoms with Crippen molar-refractivity contribution in [2.75, 3.05) is 6.61 Å². The lowest BCUT2D eigenvalue weighted by molar-refractivity contribution is 0.261. The minimum absolute atomic E-state index is 0.249. The van der Waals surface area contributed by atoms with Crippen molar-refractivity contribution in [3.05, 3.63) is 28.7 Å². The van der Waals surface area contributed by atoms with Crippen molar-refractivity contribution in [1.82, 2.24) is 0 Å². The van der Waals surface area contributed by atoms with Gasteiger partial charge >= 0.3 is 0 Å². The molecule has 16 heavy (non-hydrogen) atoms. The second-order valence-corrected chi connectivity index (χ2v) is 5.03. The van der Waals surface area contributed by atoms with Crippen molar-refractivity contribution in [3.63, 3.8) is 0 Å². The smallest absolute Gasteiger partial charge is 0.119 e. The van der Waals surface area contributed by atoms with E-state index >= 15 is 0 Å². The van der Waals surface area contributed by atoms with E-state index in [0.717, 1.165) is 29.7 Å². The fourth-order valence-electron chi connectivity index (χ4n) is 1.70. The molecule has 0 saturated carbocycles. The van der Waals surface area contributed by atoms with Gasteiger partial charge in [0.15, 0.2) is 0 Å². The predicted molar refractivity (Wildman–Crippen MR) is 71.7 cm³/mol. The summed E-state index contributed by atoms with van der Waals surface area (Å²) in [7, 11) is 0. The summed E-state index contributed by atoms with van der Waals surface area (Å²) in [6, 6.07) is 8.16. The molecule has 2 atom stereocenters. The van der Waals surface area contributed by atoms with E-state index < -0.39 is 0 Å². The maximum Gasteiger partial charge on any atom is 0.119 e. The van der Waals surface area contributed by atoms with E-state index in [1.807, 2.05) is 24.3 Å². The number of benzene rings is 1. The molecule has 1 aromatic rings. The second-order valence-electron chi connectivity index (χ2n) is 4.12. The standard InChI is InChI=1S/C13H20BrNO/c1-3-11(10(2)15)8-9-16-13-6-4-12(14)5-7-13/h4-7,10-11H,3,8-9,15H2,1-2H3. The Kier molecular flexibility index (Phi) is 5.85. The summed E-state index contributed by atoms with van der Waals surface area (Å²) in [5.74, 6) is 1.47. The van der Waals surface area contributed by atoms with Crippen LogP contribution < -0.4 is 10.5 Å². The van der Waals surface area contributed by atoms with Crippen molar-refractivity contribution in [2.24, 2.45) is 11.7 Å². The maximum atomic E-state index is 5.88. The van der Waals surface area contributed by atoms with Gasteiger partial charge < -0.3 is 10.5 Å². The fraction of sp³-hybridized carbons (Fsp3) is 0.538. The lowest BCUT2D eigenvalue weighted by atomic mass is 9.96. The molecule has 0 aromatic heterocycles. The lowest BCUT2D eigenvalue weighted by Gasteiger charge is -2.18. The number of nitrogens with two attached hydrogens (primary N) is 1. The molecule has 2 unspecified atom stereocenters. The molecule has 1 aromatic carbocycles. The second kappa shape index (κ2) is 6.92. The van der Waals surface area contributed by atoms with Crippen LogP contribution in [-0.4, -0.2) is 12.6 Å². The third kappa shape index (κ3) is 4.54. The van der Waals surface area contributed by atoms with E-state index in [9.17, 15) is 0 Å². The summed E-state index contributed by atoms with van der Waals surface area (Å²) >= 11 is 3.40. The Bertz CT molecular complexity index is 297. The normalized spacial score (nSPS) is 14.5. The molecule has 1 rings (SSSR count). The van der Waals surface area contributed by atoms with Gasteiger partial charge in [-0.15, -0.1) is 0 Å². The van der Waals surface area contributed by atoms with Gasteiger partial charge in [-0.05, 0) is 43.5 Å². The first-order valence-corrected chi connectivity index (χ1v) is 6.56. The first-order valence-electron chi connectivity index (χ1n) is 5.77. The molecular weight excluding hydrogens is 266 g/mol. The summed E-state index contributed by atoms with van der Waals surface area (Å²) in [5.41, 5.74) is 5.88. The highest BCUT2D eigenvalue weighted by atomic mass is 79.9. The molecular formula is C13H20BrNO. The third-order valence-electron chi connectivity index (χ3n) is 2.84. The van der Waals surface area contributed by atoms with Crippen molar-refractivity contribution in [2.45, 2.75) is 32.7 Å². The highest BCUT2D eigenvalue weighted by Crippen LogP contribution is 2.17. The van der Waals surface area contributed by atoms with E-state index in [0.29, 0.717) is 5.92 Å². The zero-order chi connectivity index (χ0) is 12.0. The predicted octanol–water partition coefficient (Wildman–Crippen LogP) is 3.59. The van der Waals surface area contributed by atoms with Crippen molar-refractivity contribution >= 4 is 15.9 Å². The molecule has 0 amide bonds. The molecule has 2 N–H and O–H groups in total. The van der Waals surface area contributed by atoms with Crippen LogP contribution in [0.1, 0.15) is 26.7 Å². The van der Waals surface area contributed by atoms with Gasteiger partial charge in [-0.3, -0.25) is 0 Å². The van der Waals surface area contributed by atoms with Crippen LogP contribution in [0.4, 0.5) is 0 Å². The van der Waals surface area contributed by atoms with Crippen LogP contribution >= 0.6 is 15.9 Å². The number of ether oxygens (including phenoxy) is 1. The number of hydrogen-bond acceptors (Lipinski definition) is 2. The minimum Gasteiger partial charge on any atom is -0.494 e. The molecule has 0 aliphatic carbocycles. The van der Waals surface area contributed by atoms with Crippen LogP contribution in [0.25, 0.3) is 0 Å². The number of rotatable bonds is 6. The van der Waals surface area contributed by atoms with Gasteiger partial charge in [0.2, 0.25) is 0 Å². The van der Waals surface area contributed by atoms with Crippen LogP contribution in [0.15, 0.2) is 28.7 Å². The summed E-state index contributed by atoms with van der Waals surface area (Å²) in [5, 5.41) is 0. The quantitative estimate of drug-likeness (QED) is 0.867. The molecule has 90 valence electrons. The Hall–Kier alpha value is -0.540. The first-order chi connectivity index (χ1) is 7.63. The Morgan fingerprint density at radius 1 is 1.31 bits per heavy atom. The monoisotopic (exact) mass is 285 g/mol. The molecule has 0 heterocycles. The zero-order valence-electron chi connectivity index (χ0n) is 9.95. The Balaban J connectivity index is 2.32. The number of hydrogen-bond donors (Lipinski definition) is 1. The zero-order valence-corrected chi connectivity index (χ0v) is 11.5. The summed E-state index contributed by atoms with van der Waals surface area (Å²) < 4.78 is 6.74. The van der Waals surface area contributed by atoms with Gasteiger partial charge in [0, 0.05) is 10.5 Å². The maximum absolute atomic E-state index is 5.88. The SMILES string of the molecule is CCC(CCOc1ccc(Br)cc1)C(C)N. The van der Waals surface area contributed by atoms with Crippen molar-refractivity contribution < 1.29 is 4.74 Å². The molecule has 0 saturated heterocycles. The summed E-state index contributed by atoms with van der Waals surface area (Å²) in [4.78, 5) is 0. The summed E-state index contributed by atoms with van der Waals surface area (Å²) in [6.07, 6.45) is 2.13. The Morgan fingerprint density at radius 2 is 1.94 bits per heavy atom. The molecule has 0 radical (unpaired) electrons. The Labute approximate surface area is 106 Å². The van der Waals surface area contributed by atoms with Crippen LogP contribution in [0, 0.1) is 5.92 Å². The van der Waals surface area contributed by atoms with Gasteiger partial charge in [0.1, 0.15) is 5.75 Å². The van der Waals surface area contributed by atoms with Crippen LogP contribution in [0.2, 0.25) is 0 Å². The average molecular weight is 286 g/mol. The van der Waals surface area contributed by atoms with E-state index in [4.69, 9.17) is 10.5 Å². The van der Waals surface area contributed by atoms with E-state index in [2.05, 4.69) is 29.8 Å². The van der Waals surface area contributed by atoms with Crippen LogP contribution in [-0.2, 0) is 0 Å². The molecule has 0 spiro atoms. The molecule has 0 fully saturated rings. The molecule has 2 nitrogen and oxygen atoms in total. The van der Waals surface area contributed by atoms with Crippen molar-refractivity contribution in [1.29, 1.82) is 0 Å².